The van der Waals surface area contributed by atoms with Crippen molar-refractivity contribution in [3.8, 4) is 0 Å². The summed E-state index contributed by atoms with van der Waals surface area (Å²) in [6.07, 6.45) is 5.39. The van der Waals surface area contributed by atoms with Crippen LogP contribution >= 0.6 is 0 Å². The molecule has 2 aliphatic carbocycles. The Morgan fingerprint density at radius 3 is 2.33 bits per heavy atom. The molecule has 2 unspecified atom stereocenters. The second-order valence-electron chi connectivity index (χ2n) is 3.79. The van der Waals surface area contributed by atoms with E-state index in [9.17, 15) is 0 Å². The predicted octanol–water partition coefficient (Wildman–Crippen LogP) is 1.97. The molecule has 0 radical (unpaired) electrons. The molecule has 1 heteroatoms. The molecular weight excluding hydrogens is 112 g/mol. The van der Waals surface area contributed by atoms with Crippen molar-refractivity contribution in [3.63, 3.8) is 0 Å². The van der Waals surface area contributed by atoms with Crippen molar-refractivity contribution < 1.29 is 4.74 Å². The lowest BCUT2D eigenvalue weighted by Crippen LogP contribution is -2.13. The van der Waals surface area contributed by atoms with E-state index in [-0.39, 0.29) is 0 Å². The van der Waals surface area contributed by atoms with Crippen molar-refractivity contribution in [1.29, 1.82) is 0 Å². The monoisotopic (exact) mass is 126 g/mol. The first-order chi connectivity index (χ1) is 4.22. The Bertz CT molecular complexity index is 140. The largest absolute Gasteiger partial charge is 0.378 e. The van der Waals surface area contributed by atoms with Gasteiger partial charge in [-0.1, -0.05) is 6.92 Å². The van der Waals surface area contributed by atoms with E-state index >= 15 is 0 Å². The lowest BCUT2D eigenvalue weighted by Gasteiger charge is -2.10. The minimum atomic E-state index is 0.340. The Kier molecular flexibility index (Phi) is 0.852. The zero-order valence-corrected chi connectivity index (χ0v) is 6.24. The van der Waals surface area contributed by atoms with Crippen molar-refractivity contribution in [2.24, 2.45) is 5.41 Å². The number of ether oxygens (including phenoxy) is 1. The van der Waals surface area contributed by atoms with E-state index in [1.165, 1.54) is 25.7 Å². The van der Waals surface area contributed by atoms with Crippen LogP contribution in [-0.4, -0.2) is 12.7 Å². The van der Waals surface area contributed by atoms with E-state index in [1.54, 1.807) is 0 Å². The highest BCUT2D eigenvalue weighted by atomic mass is 16.5. The van der Waals surface area contributed by atoms with E-state index in [4.69, 9.17) is 4.74 Å². The second-order valence-corrected chi connectivity index (χ2v) is 3.79. The lowest BCUT2D eigenvalue weighted by molar-refractivity contribution is 0.0587. The van der Waals surface area contributed by atoms with Gasteiger partial charge in [0.15, 0.2) is 0 Å². The number of hydrogen-bond acceptors (Lipinski definition) is 1. The van der Waals surface area contributed by atoms with Gasteiger partial charge in [0.2, 0.25) is 0 Å². The van der Waals surface area contributed by atoms with Gasteiger partial charge in [-0.25, -0.2) is 0 Å². The summed E-state index contributed by atoms with van der Waals surface area (Å²) in [6, 6.07) is 0. The predicted molar refractivity (Wildman–Crippen MR) is 36.3 cm³/mol. The molecule has 9 heavy (non-hydrogen) atoms. The number of rotatable bonds is 1. The first-order valence-corrected chi connectivity index (χ1v) is 3.78. The van der Waals surface area contributed by atoms with Crippen LogP contribution in [0.15, 0.2) is 0 Å². The van der Waals surface area contributed by atoms with Gasteiger partial charge in [0.25, 0.3) is 0 Å². The summed E-state index contributed by atoms with van der Waals surface area (Å²) in [5.41, 5.74) is 0.925. The Morgan fingerprint density at radius 2 is 2.11 bits per heavy atom. The van der Waals surface area contributed by atoms with Gasteiger partial charge in [-0.15, -0.1) is 0 Å². The van der Waals surface area contributed by atoms with Crippen molar-refractivity contribution in [3.05, 3.63) is 0 Å². The highest BCUT2D eigenvalue weighted by Crippen LogP contribution is 2.68. The van der Waals surface area contributed by atoms with Gasteiger partial charge < -0.3 is 4.74 Å². The third-order valence-corrected chi connectivity index (χ3v) is 3.35. The summed E-state index contributed by atoms with van der Waals surface area (Å²) in [5.74, 6) is 0. The van der Waals surface area contributed by atoms with Gasteiger partial charge in [0.1, 0.15) is 0 Å². The quantitative estimate of drug-likeness (QED) is 0.522. The fraction of sp³-hybridized carbons (Fsp3) is 1.00. The average molecular weight is 126 g/mol. The molecule has 0 amide bonds. The van der Waals surface area contributed by atoms with Crippen LogP contribution < -0.4 is 0 Å². The van der Waals surface area contributed by atoms with E-state index in [1.807, 2.05) is 7.11 Å². The number of methoxy groups -OCH3 is 1. The van der Waals surface area contributed by atoms with E-state index in [2.05, 4.69) is 6.92 Å². The molecule has 0 aliphatic heterocycles. The van der Waals surface area contributed by atoms with Crippen molar-refractivity contribution >= 4 is 0 Å². The molecule has 0 aromatic heterocycles. The third-order valence-electron chi connectivity index (χ3n) is 3.35. The van der Waals surface area contributed by atoms with Crippen LogP contribution in [0, 0.1) is 5.41 Å². The molecule has 2 fully saturated rings. The normalized spacial score (nSPS) is 55.3. The van der Waals surface area contributed by atoms with Crippen molar-refractivity contribution in [2.75, 3.05) is 7.11 Å². The third kappa shape index (κ3) is 0.493. The number of fused-ring (bicyclic) bond motifs is 1. The fourth-order valence-corrected chi connectivity index (χ4v) is 2.48. The summed E-state index contributed by atoms with van der Waals surface area (Å²) in [7, 11) is 1.86. The summed E-state index contributed by atoms with van der Waals surface area (Å²) in [6.45, 7) is 2.35. The van der Waals surface area contributed by atoms with Gasteiger partial charge in [-0.2, -0.15) is 0 Å². The standard InChI is InChI=1S/C8H14O/c1-7-4-3-5-8(7,6-7)9-2/h3-6H2,1-2H3. The SMILES string of the molecule is COC12CCCC1(C)C2. The summed E-state index contributed by atoms with van der Waals surface area (Å²) < 4.78 is 5.48. The Morgan fingerprint density at radius 1 is 1.33 bits per heavy atom. The molecule has 0 heterocycles. The smallest absolute Gasteiger partial charge is 0.0739 e. The first kappa shape index (κ1) is 5.72. The summed E-state index contributed by atoms with van der Waals surface area (Å²) >= 11 is 0. The number of hydrogen-bond donors (Lipinski definition) is 0. The molecule has 2 saturated carbocycles. The Labute approximate surface area is 56.4 Å². The molecule has 0 aromatic rings. The van der Waals surface area contributed by atoms with E-state index < -0.39 is 0 Å². The van der Waals surface area contributed by atoms with Crippen molar-refractivity contribution in [1.82, 2.24) is 0 Å². The molecule has 0 saturated heterocycles. The Hall–Kier alpha value is -0.0400. The highest BCUT2D eigenvalue weighted by Gasteiger charge is 2.67. The molecule has 0 aromatic carbocycles. The van der Waals surface area contributed by atoms with E-state index in [0.29, 0.717) is 11.0 Å². The molecule has 2 aliphatic rings. The lowest BCUT2D eigenvalue weighted by atomic mass is 10.1. The maximum absolute atomic E-state index is 5.48. The maximum Gasteiger partial charge on any atom is 0.0739 e. The minimum absolute atomic E-state index is 0.340. The topological polar surface area (TPSA) is 9.23 Å². The summed E-state index contributed by atoms with van der Waals surface area (Å²) in [4.78, 5) is 0. The average Bonchev–Trinajstić information content (AvgIpc) is 2.29. The van der Waals surface area contributed by atoms with Crippen LogP contribution in [0.1, 0.15) is 32.6 Å². The minimum Gasteiger partial charge on any atom is -0.378 e. The van der Waals surface area contributed by atoms with Gasteiger partial charge in [-0.3, -0.25) is 0 Å². The Balaban J connectivity index is 2.19. The molecule has 2 rings (SSSR count). The highest BCUT2D eigenvalue weighted by molar-refractivity contribution is 5.18. The fourth-order valence-electron chi connectivity index (χ4n) is 2.48. The van der Waals surface area contributed by atoms with Crippen LogP contribution in [0.25, 0.3) is 0 Å². The van der Waals surface area contributed by atoms with E-state index in [0.717, 1.165) is 0 Å². The first-order valence-electron chi connectivity index (χ1n) is 3.78. The van der Waals surface area contributed by atoms with Crippen molar-refractivity contribution in [2.45, 2.75) is 38.2 Å². The van der Waals surface area contributed by atoms with Crippen LogP contribution in [-0.2, 0) is 4.74 Å². The molecule has 0 spiro atoms. The van der Waals surface area contributed by atoms with Crippen LogP contribution in [0.3, 0.4) is 0 Å². The van der Waals surface area contributed by atoms with Crippen LogP contribution in [0.4, 0.5) is 0 Å². The molecule has 0 N–H and O–H groups in total. The van der Waals surface area contributed by atoms with Gasteiger partial charge in [0, 0.05) is 7.11 Å². The van der Waals surface area contributed by atoms with Gasteiger partial charge in [0.05, 0.1) is 5.60 Å². The maximum atomic E-state index is 5.48. The van der Waals surface area contributed by atoms with Gasteiger partial charge in [-0.05, 0) is 31.1 Å². The van der Waals surface area contributed by atoms with Crippen LogP contribution in [0.5, 0.6) is 0 Å². The molecule has 1 nitrogen and oxygen atoms in total. The van der Waals surface area contributed by atoms with Crippen LogP contribution in [0.2, 0.25) is 0 Å². The second kappa shape index (κ2) is 1.34. The molecule has 0 bridgehead atoms. The molecule has 52 valence electrons. The summed E-state index contributed by atoms with van der Waals surface area (Å²) in [5, 5.41) is 0. The zero-order valence-electron chi connectivity index (χ0n) is 6.24. The molecular formula is C8H14O. The molecule has 2 atom stereocenters. The zero-order chi connectivity index (χ0) is 6.54. The van der Waals surface area contributed by atoms with Gasteiger partial charge >= 0.3 is 0 Å².